The van der Waals surface area contributed by atoms with Crippen molar-refractivity contribution in [2.45, 2.75) is 57.9 Å². The Labute approximate surface area is 145 Å². The van der Waals surface area contributed by atoms with Crippen molar-refractivity contribution in [1.82, 2.24) is 4.31 Å². The van der Waals surface area contributed by atoms with Crippen molar-refractivity contribution < 1.29 is 13.2 Å². The number of nitrogens with one attached hydrogen (secondary N) is 1. The van der Waals surface area contributed by atoms with Crippen molar-refractivity contribution in [3.8, 4) is 0 Å². The molecule has 1 N–H and O–H groups in total. The van der Waals surface area contributed by atoms with E-state index in [0.29, 0.717) is 0 Å². The van der Waals surface area contributed by atoms with Gasteiger partial charge in [0.2, 0.25) is 15.9 Å². The molecule has 0 unspecified atom stereocenters. The number of amides is 1. The van der Waals surface area contributed by atoms with Crippen LogP contribution in [0.5, 0.6) is 0 Å². The van der Waals surface area contributed by atoms with Crippen LogP contribution in [0, 0.1) is 0 Å². The molecule has 1 saturated carbocycles. The van der Waals surface area contributed by atoms with Crippen LogP contribution in [0.3, 0.4) is 0 Å². The Hall–Kier alpha value is -1.40. The Balaban J connectivity index is 1.97. The van der Waals surface area contributed by atoms with E-state index >= 15 is 0 Å². The lowest BCUT2D eigenvalue weighted by Crippen LogP contribution is -2.42. The summed E-state index contributed by atoms with van der Waals surface area (Å²) in [6, 6.07) is 7.75. The van der Waals surface area contributed by atoms with Crippen LogP contribution >= 0.6 is 0 Å². The van der Waals surface area contributed by atoms with Gasteiger partial charge in [-0.15, -0.1) is 0 Å². The molecule has 0 radical (unpaired) electrons. The quantitative estimate of drug-likeness (QED) is 0.819. The topological polar surface area (TPSA) is 66.5 Å². The first-order valence-corrected chi connectivity index (χ1v) is 10.6. The monoisotopic (exact) mass is 352 g/mol. The van der Waals surface area contributed by atoms with Crippen LogP contribution < -0.4 is 5.32 Å². The Morgan fingerprint density at radius 1 is 1.21 bits per heavy atom. The zero-order chi connectivity index (χ0) is 17.6. The number of sulfonamides is 1. The summed E-state index contributed by atoms with van der Waals surface area (Å²) in [5.74, 6) is -0.139. The first kappa shape index (κ1) is 18.9. The van der Waals surface area contributed by atoms with Crippen LogP contribution in [0.1, 0.15) is 51.0 Å². The molecule has 0 atom stereocenters. The van der Waals surface area contributed by atoms with Gasteiger partial charge in [-0.05, 0) is 30.9 Å². The van der Waals surface area contributed by atoms with Crippen LogP contribution in [0.2, 0.25) is 0 Å². The number of nitrogens with zero attached hydrogens (tertiary/aromatic N) is 1. The largest absolute Gasteiger partial charge is 0.326 e. The average Bonchev–Trinajstić information content (AvgIpc) is 2.55. The number of benzene rings is 1. The molecule has 2 rings (SSSR count). The van der Waals surface area contributed by atoms with Crippen molar-refractivity contribution in [3.63, 3.8) is 0 Å². The van der Waals surface area contributed by atoms with Gasteiger partial charge in [0.1, 0.15) is 0 Å². The smallest absolute Gasteiger partial charge is 0.225 e. The first-order valence-electron chi connectivity index (χ1n) is 8.76. The van der Waals surface area contributed by atoms with Crippen LogP contribution in [-0.4, -0.2) is 37.5 Å². The number of anilines is 1. The van der Waals surface area contributed by atoms with E-state index < -0.39 is 10.0 Å². The third kappa shape index (κ3) is 5.31. The second-order valence-electron chi connectivity index (χ2n) is 6.47. The van der Waals surface area contributed by atoms with Gasteiger partial charge in [-0.25, -0.2) is 8.42 Å². The number of hydrogen-bond donors (Lipinski definition) is 1. The maximum absolute atomic E-state index is 12.3. The lowest BCUT2D eigenvalue weighted by Gasteiger charge is -2.32. The Kier molecular flexibility index (Phi) is 6.80. The van der Waals surface area contributed by atoms with Crippen LogP contribution in [-0.2, 0) is 21.2 Å². The second-order valence-corrected chi connectivity index (χ2v) is 8.41. The molecule has 6 heteroatoms. The van der Waals surface area contributed by atoms with E-state index in [0.717, 1.165) is 43.4 Å². The van der Waals surface area contributed by atoms with E-state index in [1.165, 1.54) is 17.0 Å². The number of hydrogen-bond acceptors (Lipinski definition) is 3. The van der Waals surface area contributed by atoms with E-state index in [9.17, 15) is 13.2 Å². The molecule has 0 spiro atoms. The van der Waals surface area contributed by atoms with Gasteiger partial charge in [0.15, 0.2) is 0 Å². The van der Waals surface area contributed by atoms with Gasteiger partial charge in [-0.3, -0.25) is 4.79 Å². The minimum atomic E-state index is -3.29. The number of para-hydroxylation sites is 1. The maximum atomic E-state index is 12.3. The summed E-state index contributed by atoms with van der Waals surface area (Å²) in [7, 11) is -3.29. The molecule has 5 nitrogen and oxygen atoms in total. The lowest BCUT2D eigenvalue weighted by molar-refractivity contribution is -0.116. The fraction of sp³-hybridized carbons (Fsp3) is 0.611. The number of aryl methyl sites for hydroxylation is 1. The highest BCUT2D eigenvalue weighted by atomic mass is 32.2. The summed E-state index contributed by atoms with van der Waals surface area (Å²) in [4.78, 5) is 12.3. The fourth-order valence-electron chi connectivity index (χ4n) is 3.36. The highest BCUT2D eigenvalue weighted by Gasteiger charge is 2.28. The number of rotatable bonds is 7. The van der Waals surface area contributed by atoms with Gasteiger partial charge in [-0.1, -0.05) is 44.4 Å². The van der Waals surface area contributed by atoms with E-state index in [4.69, 9.17) is 0 Å². The summed E-state index contributed by atoms with van der Waals surface area (Å²) in [6.45, 7) is 2.29. The second kappa shape index (κ2) is 8.62. The summed E-state index contributed by atoms with van der Waals surface area (Å²) in [5.41, 5.74) is 1.90. The molecule has 1 aromatic carbocycles. The van der Waals surface area contributed by atoms with Crippen LogP contribution in [0.4, 0.5) is 5.69 Å². The number of carbonyl (C=O) groups is 1. The number of carbonyl (C=O) groups excluding carboxylic acids is 1. The first-order chi connectivity index (χ1) is 11.4. The SMILES string of the molecule is CCc1ccccc1NC(=O)CCN(C1CCCCC1)S(C)(=O)=O. The van der Waals surface area contributed by atoms with Gasteiger partial charge >= 0.3 is 0 Å². The highest BCUT2D eigenvalue weighted by Crippen LogP contribution is 2.24. The average molecular weight is 353 g/mol. The molecule has 0 aliphatic heterocycles. The normalized spacial score (nSPS) is 16.3. The minimum absolute atomic E-state index is 0.0458. The molecule has 0 aromatic heterocycles. The molecule has 1 fully saturated rings. The predicted octanol–water partition coefficient (Wildman–Crippen LogP) is 3.17. The molecule has 0 bridgehead atoms. The molecule has 24 heavy (non-hydrogen) atoms. The highest BCUT2D eigenvalue weighted by molar-refractivity contribution is 7.88. The van der Waals surface area contributed by atoms with Gasteiger partial charge in [0, 0.05) is 24.7 Å². The van der Waals surface area contributed by atoms with Gasteiger partial charge in [-0.2, -0.15) is 4.31 Å². The van der Waals surface area contributed by atoms with E-state index in [1.54, 1.807) is 0 Å². The molecule has 1 aliphatic rings. The standard InChI is InChI=1S/C18H28N2O3S/c1-3-15-9-7-8-12-17(15)19-18(21)13-14-20(24(2,22)23)16-10-5-4-6-11-16/h7-9,12,16H,3-6,10-11,13-14H2,1-2H3,(H,19,21). The molecule has 0 saturated heterocycles. The van der Waals surface area contributed by atoms with Crippen LogP contribution in [0.15, 0.2) is 24.3 Å². The molecule has 0 heterocycles. The zero-order valence-electron chi connectivity index (χ0n) is 14.6. The van der Waals surface area contributed by atoms with E-state index in [2.05, 4.69) is 5.32 Å². The van der Waals surface area contributed by atoms with Crippen molar-refractivity contribution in [3.05, 3.63) is 29.8 Å². The molecular weight excluding hydrogens is 324 g/mol. The van der Waals surface area contributed by atoms with Crippen LogP contribution in [0.25, 0.3) is 0 Å². The molecule has 134 valence electrons. The third-order valence-electron chi connectivity index (χ3n) is 4.64. The summed E-state index contributed by atoms with van der Waals surface area (Å²) < 4.78 is 25.7. The van der Waals surface area contributed by atoms with Gasteiger partial charge in [0.05, 0.1) is 6.26 Å². The Morgan fingerprint density at radius 2 is 1.88 bits per heavy atom. The summed E-state index contributed by atoms with van der Waals surface area (Å²) in [6.07, 6.45) is 7.35. The van der Waals surface area contributed by atoms with Crippen molar-refractivity contribution in [2.75, 3.05) is 18.1 Å². The van der Waals surface area contributed by atoms with Crippen molar-refractivity contribution in [2.24, 2.45) is 0 Å². The lowest BCUT2D eigenvalue weighted by atomic mass is 9.95. The predicted molar refractivity (Wildman–Crippen MR) is 97.5 cm³/mol. The summed E-state index contributed by atoms with van der Waals surface area (Å²) in [5, 5.41) is 2.91. The molecular formula is C18H28N2O3S. The third-order valence-corrected chi connectivity index (χ3v) is 5.97. The Bertz CT molecular complexity index is 652. The molecule has 1 aliphatic carbocycles. The zero-order valence-corrected chi connectivity index (χ0v) is 15.4. The van der Waals surface area contributed by atoms with Gasteiger partial charge < -0.3 is 5.32 Å². The molecule has 1 aromatic rings. The van der Waals surface area contributed by atoms with Gasteiger partial charge in [0.25, 0.3) is 0 Å². The molecule has 1 amide bonds. The van der Waals surface area contributed by atoms with Crippen molar-refractivity contribution >= 4 is 21.6 Å². The maximum Gasteiger partial charge on any atom is 0.225 e. The minimum Gasteiger partial charge on any atom is -0.326 e. The Morgan fingerprint density at radius 3 is 2.50 bits per heavy atom. The summed E-state index contributed by atoms with van der Waals surface area (Å²) >= 11 is 0. The van der Waals surface area contributed by atoms with Crippen molar-refractivity contribution in [1.29, 1.82) is 0 Å². The van der Waals surface area contributed by atoms with E-state index in [1.807, 2.05) is 31.2 Å². The van der Waals surface area contributed by atoms with E-state index in [-0.39, 0.29) is 24.9 Å². The fourth-order valence-corrected chi connectivity index (χ4v) is 4.54.